The summed E-state index contributed by atoms with van der Waals surface area (Å²) in [4.78, 5) is 23.7. The maximum atomic E-state index is 12.3. The summed E-state index contributed by atoms with van der Waals surface area (Å²) >= 11 is 0. The summed E-state index contributed by atoms with van der Waals surface area (Å²) in [5.74, 6) is -1.09. The van der Waals surface area contributed by atoms with Crippen molar-refractivity contribution in [2.45, 2.75) is 45.6 Å². The number of fused-ring (bicyclic) bond motifs is 3. The molecule has 5 heteroatoms. The summed E-state index contributed by atoms with van der Waals surface area (Å²) in [6, 6.07) is 15.2. The largest absolute Gasteiger partial charge is 0.480 e. The van der Waals surface area contributed by atoms with Crippen LogP contribution in [0.15, 0.2) is 48.5 Å². The Labute approximate surface area is 165 Å². The van der Waals surface area contributed by atoms with Crippen molar-refractivity contribution < 1.29 is 19.4 Å². The average molecular weight is 381 g/mol. The van der Waals surface area contributed by atoms with E-state index in [0.717, 1.165) is 22.3 Å². The van der Waals surface area contributed by atoms with Gasteiger partial charge >= 0.3 is 12.1 Å². The van der Waals surface area contributed by atoms with Crippen molar-refractivity contribution in [2.24, 2.45) is 5.41 Å². The molecule has 0 aliphatic heterocycles. The minimum atomic E-state index is -1.04. The molecule has 0 aromatic heterocycles. The van der Waals surface area contributed by atoms with Crippen LogP contribution in [0.2, 0.25) is 0 Å². The number of ether oxygens (including phenoxy) is 1. The van der Waals surface area contributed by atoms with Gasteiger partial charge in [0.25, 0.3) is 0 Å². The van der Waals surface area contributed by atoms with E-state index >= 15 is 0 Å². The number of amides is 1. The average Bonchev–Trinajstić information content (AvgIpc) is 2.96. The van der Waals surface area contributed by atoms with Crippen LogP contribution in [-0.4, -0.2) is 29.8 Å². The Morgan fingerprint density at radius 1 is 1.04 bits per heavy atom. The van der Waals surface area contributed by atoms with Crippen LogP contribution in [0.4, 0.5) is 4.79 Å². The van der Waals surface area contributed by atoms with E-state index in [1.54, 1.807) is 0 Å². The van der Waals surface area contributed by atoms with E-state index in [-0.39, 0.29) is 17.9 Å². The Bertz CT molecular complexity index is 823. The minimum absolute atomic E-state index is 0.00342. The zero-order valence-electron chi connectivity index (χ0n) is 16.6. The van der Waals surface area contributed by atoms with Gasteiger partial charge in [0.05, 0.1) is 0 Å². The van der Waals surface area contributed by atoms with E-state index in [1.165, 1.54) is 0 Å². The van der Waals surface area contributed by atoms with E-state index in [9.17, 15) is 14.7 Å². The lowest BCUT2D eigenvalue weighted by Crippen LogP contribution is -2.42. The van der Waals surface area contributed by atoms with Gasteiger partial charge in [0.2, 0.25) is 0 Å². The quantitative estimate of drug-likeness (QED) is 0.753. The molecule has 1 aliphatic carbocycles. The second-order valence-corrected chi connectivity index (χ2v) is 8.46. The van der Waals surface area contributed by atoms with Gasteiger partial charge in [-0.15, -0.1) is 0 Å². The van der Waals surface area contributed by atoms with Crippen LogP contribution in [-0.2, 0) is 9.53 Å². The number of aliphatic carboxylic acids is 1. The molecular formula is C23H27NO4. The fourth-order valence-electron chi connectivity index (χ4n) is 3.62. The third-order valence-corrected chi connectivity index (χ3v) is 5.12. The topological polar surface area (TPSA) is 75.6 Å². The minimum Gasteiger partial charge on any atom is -0.480 e. The molecule has 1 atom stereocenters. The van der Waals surface area contributed by atoms with Crippen molar-refractivity contribution in [3.8, 4) is 11.1 Å². The first-order valence-electron chi connectivity index (χ1n) is 9.60. The molecule has 5 nitrogen and oxygen atoms in total. The van der Waals surface area contributed by atoms with Gasteiger partial charge < -0.3 is 15.2 Å². The Balaban J connectivity index is 1.65. The van der Waals surface area contributed by atoms with Gasteiger partial charge in [-0.05, 0) is 40.5 Å². The number of carboxylic acid groups (broad SMARTS) is 1. The molecule has 0 heterocycles. The number of carboxylic acids is 1. The molecule has 0 fully saturated rings. The molecule has 3 rings (SSSR count). The Morgan fingerprint density at radius 2 is 1.57 bits per heavy atom. The predicted octanol–water partition coefficient (Wildman–Crippen LogP) is 4.80. The van der Waals surface area contributed by atoms with Crippen molar-refractivity contribution in [1.29, 1.82) is 0 Å². The standard InChI is InChI=1S/C23H27NO4/c1-23(2,3)13-12-20(21(25)26)24-22(27)28-14-19-17-10-6-4-8-15(17)16-9-5-7-11-18(16)19/h4-11,19-20H,12-14H2,1-3H3,(H,24,27)(H,25,26)/t20-/m1/s1. The fourth-order valence-corrected chi connectivity index (χ4v) is 3.62. The SMILES string of the molecule is CC(C)(C)CC[C@@H](NC(=O)OCC1c2ccccc2-c2ccccc21)C(=O)O. The Kier molecular flexibility index (Phi) is 5.73. The molecule has 148 valence electrons. The van der Waals surface area contributed by atoms with E-state index in [4.69, 9.17) is 4.74 Å². The van der Waals surface area contributed by atoms with Crippen LogP contribution < -0.4 is 5.32 Å². The Morgan fingerprint density at radius 3 is 2.07 bits per heavy atom. The molecule has 2 aromatic rings. The normalized spacial score (nSPS) is 14.1. The molecule has 2 aromatic carbocycles. The highest BCUT2D eigenvalue weighted by Crippen LogP contribution is 2.44. The summed E-state index contributed by atoms with van der Waals surface area (Å²) in [7, 11) is 0. The molecule has 1 amide bonds. The zero-order valence-corrected chi connectivity index (χ0v) is 16.6. The highest BCUT2D eigenvalue weighted by molar-refractivity contribution is 5.81. The Hall–Kier alpha value is -2.82. The van der Waals surface area contributed by atoms with Crippen LogP contribution in [0.5, 0.6) is 0 Å². The maximum absolute atomic E-state index is 12.3. The number of carbonyl (C=O) groups excluding carboxylic acids is 1. The van der Waals surface area contributed by atoms with Crippen LogP contribution in [0, 0.1) is 5.41 Å². The monoisotopic (exact) mass is 381 g/mol. The third-order valence-electron chi connectivity index (χ3n) is 5.12. The van der Waals surface area contributed by atoms with Crippen molar-refractivity contribution in [2.75, 3.05) is 6.61 Å². The van der Waals surface area contributed by atoms with Gasteiger partial charge in [0.1, 0.15) is 12.6 Å². The van der Waals surface area contributed by atoms with E-state index in [1.807, 2.05) is 57.2 Å². The molecular weight excluding hydrogens is 354 g/mol. The summed E-state index contributed by atoms with van der Waals surface area (Å²) < 4.78 is 5.44. The van der Waals surface area contributed by atoms with Gasteiger partial charge in [-0.1, -0.05) is 69.3 Å². The van der Waals surface area contributed by atoms with Gasteiger partial charge in [-0.3, -0.25) is 0 Å². The van der Waals surface area contributed by atoms with Gasteiger partial charge in [0, 0.05) is 5.92 Å². The highest BCUT2D eigenvalue weighted by Gasteiger charge is 2.30. The number of carbonyl (C=O) groups is 2. The van der Waals surface area contributed by atoms with E-state index in [0.29, 0.717) is 12.8 Å². The van der Waals surface area contributed by atoms with E-state index in [2.05, 4.69) is 17.4 Å². The highest BCUT2D eigenvalue weighted by atomic mass is 16.5. The first-order valence-corrected chi connectivity index (χ1v) is 9.60. The lowest BCUT2D eigenvalue weighted by atomic mass is 9.89. The number of rotatable bonds is 6. The zero-order chi connectivity index (χ0) is 20.3. The number of hydrogen-bond donors (Lipinski definition) is 2. The molecule has 0 radical (unpaired) electrons. The number of hydrogen-bond acceptors (Lipinski definition) is 3. The van der Waals surface area contributed by atoms with Crippen LogP contribution in [0.1, 0.15) is 50.7 Å². The first-order chi connectivity index (χ1) is 13.3. The second-order valence-electron chi connectivity index (χ2n) is 8.46. The fraction of sp³-hybridized carbons (Fsp3) is 0.391. The smallest absolute Gasteiger partial charge is 0.407 e. The molecule has 0 bridgehead atoms. The second kappa shape index (κ2) is 8.05. The molecule has 0 spiro atoms. The van der Waals surface area contributed by atoms with Crippen molar-refractivity contribution in [3.05, 3.63) is 59.7 Å². The number of benzene rings is 2. The van der Waals surface area contributed by atoms with Gasteiger partial charge in [-0.2, -0.15) is 0 Å². The summed E-state index contributed by atoms with van der Waals surface area (Å²) in [6.07, 6.45) is 0.361. The van der Waals surface area contributed by atoms with Crippen molar-refractivity contribution in [1.82, 2.24) is 5.32 Å². The first kappa shape index (κ1) is 19.9. The lowest BCUT2D eigenvalue weighted by molar-refractivity contribution is -0.139. The summed E-state index contributed by atoms with van der Waals surface area (Å²) in [5, 5.41) is 11.9. The molecule has 28 heavy (non-hydrogen) atoms. The predicted molar refractivity (Wildman–Crippen MR) is 108 cm³/mol. The molecule has 0 saturated heterocycles. The number of nitrogens with one attached hydrogen (secondary N) is 1. The summed E-state index contributed by atoms with van der Waals surface area (Å²) in [5.41, 5.74) is 4.55. The molecule has 0 unspecified atom stereocenters. The summed E-state index contributed by atoms with van der Waals surface area (Å²) in [6.45, 7) is 6.29. The van der Waals surface area contributed by atoms with Crippen LogP contribution >= 0.6 is 0 Å². The van der Waals surface area contributed by atoms with Gasteiger partial charge in [0.15, 0.2) is 0 Å². The van der Waals surface area contributed by atoms with Gasteiger partial charge in [-0.25, -0.2) is 9.59 Å². The molecule has 1 aliphatic rings. The molecule has 2 N–H and O–H groups in total. The van der Waals surface area contributed by atoms with Crippen molar-refractivity contribution >= 4 is 12.1 Å². The third kappa shape index (κ3) is 4.53. The lowest BCUT2D eigenvalue weighted by Gasteiger charge is -2.22. The van der Waals surface area contributed by atoms with Crippen LogP contribution in [0.3, 0.4) is 0 Å². The maximum Gasteiger partial charge on any atom is 0.407 e. The van der Waals surface area contributed by atoms with E-state index < -0.39 is 18.1 Å². The van der Waals surface area contributed by atoms with Crippen LogP contribution in [0.25, 0.3) is 11.1 Å². The number of alkyl carbamates (subject to hydrolysis) is 1. The van der Waals surface area contributed by atoms with Crippen molar-refractivity contribution in [3.63, 3.8) is 0 Å². The molecule has 0 saturated carbocycles.